The van der Waals surface area contributed by atoms with E-state index in [1.165, 1.54) is 302 Å². The number of esters is 3. The molecule has 0 aromatic heterocycles. The minimum atomic E-state index is -0.778. The van der Waals surface area contributed by atoms with E-state index < -0.39 is 6.10 Å². The molecule has 0 radical (unpaired) electrons. The van der Waals surface area contributed by atoms with Gasteiger partial charge in [-0.3, -0.25) is 14.4 Å². The highest BCUT2D eigenvalue weighted by Crippen LogP contribution is 2.18. The van der Waals surface area contributed by atoms with Crippen molar-refractivity contribution >= 4 is 17.9 Å². The highest BCUT2D eigenvalue weighted by molar-refractivity contribution is 5.71. The van der Waals surface area contributed by atoms with Crippen molar-refractivity contribution in [3.63, 3.8) is 0 Å². The molecule has 0 saturated carbocycles. The van der Waals surface area contributed by atoms with Crippen molar-refractivity contribution in [1.29, 1.82) is 0 Å². The van der Waals surface area contributed by atoms with Gasteiger partial charge in [-0.25, -0.2) is 0 Å². The van der Waals surface area contributed by atoms with Crippen molar-refractivity contribution in [2.24, 2.45) is 0 Å². The summed E-state index contributed by atoms with van der Waals surface area (Å²) in [7, 11) is 0. The smallest absolute Gasteiger partial charge is 0.306 e. The van der Waals surface area contributed by atoms with E-state index in [1.54, 1.807) is 0 Å². The van der Waals surface area contributed by atoms with Crippen molar-refractivity contribution < 1.29 is 28.6 Å². The van der Waals surface area contributed by atoms with Gasteiger partial charge in [-0.1, -0.05) is 333 Å². The number of allylic oxidation sites excluding steroid dienone is 8. The molecule has 0 aromatic carbocycles. The van der Waals surface area contributed by atoms with Crippen LogP contribution in [0.25, 0.3) is 0 Å². The second-order valence-corrected chi connectivity index (χ2v) is 25.2. The van der Waals surface area contributed by atoms with E-state index in [9.17, 15) is 14.4 Å². The molecule has 1 unspecified atom stereocenters. The molecule has 0 fully saturated rings. The Morgan fingerprint density at radius 2 is 0.434 bits per heavy atom. The first-order valence-corrected chi connectivity index (χ1v) is 37.1. The van der Waals surface area contributed by atoms with Crippen molar-refractivity contribution in [2.75, 3.05) is 13.2 Å². The maximum Gasteiger partial charge on any atom is 0.306 e. The van der Waals surface area contributed by atoms with Crippen LogP contribution in [-0.2, 0) is 28.6 Å². The predicted molar refractivity (Wildman–Crippen MR) is 362 cm³/mol. The third kappa shape index (κ3) is 70.0. The lowest BCUT2D eigenvalue weighted by Crippen LogP contribution is -2.30. The molecule has 1 atom stereocenters. The Morgan fingerprint density at radius 1 is 0.241 bits per heavy atom. The maximum absolute atomic E-state index is 13.0. The molecule has 0 aliphatic heterocycles. The zero-order chi connectivity index (χ0) is 59.9. The summed E-state index contributed by atoms with van der Waals surface area (Å²) in [5, 5.41) is 0. The number of ether oxygens (including phenoxy) is 3. The van der Waals surface area contributed by atoms with Crippen LogP contribution in [-0.4, -0.2) is 37.2 Å². The monoisotopic (exact) mass is 1160 g/mol. The average Bonchev–Trinajstić information content (AvgIpc) is 3.50. The van der Waals surface area contributed by atoms with Crippen molar-refractivity contribution in [3.05, 3.63) is 48.6 Å². The summed E-state index contributed by atoms with van der Waals surface area (Å²) in [6.07, 6.45) is 91.4. The lowest BCUT2D eigenvalue weighted by atomic mass is 10.0. The largest absolute Gasteiger partial charge is 0.462 e. The molecule has 0 rings (SSSR count). The zero-order valence-electron chi connectivity index (χ0n) is 56.0. The van der Waals surface area contributed by atoms with Gasteiger partial charge in [0.25, 0.3) is 0 Å². The summed E-state index contributed by atoms with van der Waals surface area (Å²) in [6.45, 7) is 6.69. The van der Waals surface area contributed by atoms with Gasteiger partial charge in [-0.05, 0) is 103 Å². The Hall–Kier alpha value is -2.63. The normalized spacial score (nSPS) is 12.3. The summed E-state index contributed by atoms with van der Waals surface area (Å²) < 4.78 is 17.0. The summed E-state index contributed by atoms with van der Waals surface area (Å²) >= 11 is 0. The van der Waals surface area contributed by atoms with E-state index in [1.807, 2.05) is 0 Å². The highest BCUT2D eigenvalue weighted by atomic mass is 16.6. The third-order valence-electron chi connectivity index (χ3n) is 16.8. The van der Waals surface area contributed by atoms with Crippen LogP contribution in [0, 0.1) is 0 Å². The molecule has 6 heteroatoms. The SMILES string of the molecule is CCCCCCC/C=C\C/C=C\CCCCCCCCCCCC(=O)OC(COC(=O)CCCCCCCCC/C=C\CCCCCCCC)COC(=O)CCCCCCCCCCCCCCCCC/C=C\CCCCCCCCCC. The minimum Gasteiger partial charge on any atom is -0.462 e. The highest BCUT2D eigenvalue weighted by Gasteiger charge is 2.19. The molecule has 83 heavy (non-hydrogen) atoms. The van der Waals surface area contributed by atoms with Crippen LogP contribution in [0.4, 0.5) is 0 Å². The van der Waals surface area contributed by atoms with Crippen LogP contribution in [0.1, 0.15) is 406 Å². The van der Waals surface area contributed by atoms with E-state index in [-0.39, 0.29) is 31.1 Å². The van der Waals surface area contributed by atoms with Crippen LogP contribution in [0.5, 0.6) is 0 Å². The van der Waals surface area contributed by atoms with Crippen LogP contribution >= 0.6 is 0 Å². The van der Waals surface area contributed by atoms with Crippen molar-refractivity contribution in [1.82, 2.24) is 0 Å². The first-order valence-electron chi connectivity index (χ1n) is 37.1. The number of rotatable bonds is 69. The van der Waals surface area contributed by atoms with Gasteiger partial charge >= 0.3 is 17.9 Å². The standard InChI is InChI=1S/C77H142O6/c1-4-7-10-13-16-19-22-25-28-31-33-35-36-37-38-39-40-42-43-46-49-52-55-58-61-64-67-70-76(79)82-73-74(72-81-75(78)69-66-63-60-57-54-51-48-45-30-27-24-21-18-15-12-9-6-3)83-77(80)71-68-65-62-59-56-53-50-47-44-41-34-32-29-26-23-20-17-14-11-8-5-2/h23,26-27,30-34,74H,4-22,24-25,28-29,35-73H2,1-3H3/b26-23-,30-27-,33-31-,34-32-. The van der Waals surface area contributed by atoms with Gasteiger partial charge in [0.1, 0.15) is 13.2 Å². The third-order valence-corrected chi connectivity index (χ3v) is 16.8. The molecular formula is C77H142O6. The molecule has 0 aromatic rings. The first kappa shape index (κ1) is 80.4. The predicted octanol–water partition coefficient (Wildman–Crippen LogP) is 25.7. The van der Waals surface area contributed by atoms with Gasteiger partial charge < -0.3 is 14.2 Å². The molecule has 0 aliphatic rings. The lowest BCUT2D eigenvalue weighted by Gasteiger charge is -2.18. The lowest BCUT2D eigenvalue weighted by molar-refractivity contribution is -0.167. The van der Waals surface area contributed by atoms with Crippen LogP contribution in [0.15, 0.2) is 48.6 Å². The van der Waals surface area contributed by atoms with Crippen LogP contribution < -0.4 is 0 Å². The van der Waals surface area contributed by atoms with E-state index in [4.69, 9.17) is 14.2 Å². The van der Waals surface area contributed by atoms with Gasteiger partial charge in [-0.2, -0.15) is 0 Å². The fraction of sp³-hybridized carbons (Fsp3) is 0.857. The van der Waals surface area contributed by atoms with Crippen molar-refractivity contribution in [2.45, 2.75) is 412 Å². The van der Waals surface area contributed by atoms with Crippen molar-refractivity contribution in [3.8, 4) is 0 Å². The topological polar surface area (TPSA) is 78.9 Å². The Kier molecular flexibility index (Phi) is 69.6. The molecule has 0 aliphatic carbocycles. The number of carbonyl (C=O) groups excluding carboxylic acids is 3. The Balaban J connectivity index is 4.29. The molecule has 6 nitrogen and oxygen atoms in total. The fourth-order valence-electron chi connectivity index (χ4n) is 11.2. The second-order valence-electron chi connectivity index (χ2n) is 25.2. The first-order chi connectivity index (χ1) is 41.0. The Morgan fingerprint density at radius 3 is 0.675 bits per heavy atom. The molecule has 0 N–H and O–H groups in total. The van der Waals surface area contributed by atoms with Gasteiger partial charge in [0, 0.05) is 19.3 Å². The summed E-state index contributed by atoms with van der Waals surface area (Å²) in [4.78, 5) is 38.5. The molecule has 0 heterocycles. The Labute approximate surface area is 518 Å². The van der Waals surface area contributed by atoms with Crippen LogP contribution in [0.3, 0.4) is 0 Å². The number of hydrogen-bond donors (Lipinski definition) is 0. The molecule has 0 saturated heterocycles. The average molecular weight is 1160 g/mol. The fourth-order valence-corrected chi connectivity index (χ4v) is 11.2. The summed E-state index contributed by atoms with van der Waals surface area (Å²) in [6, 6.07) is 0. The molecule has 0 spiro atoms. The van der Waals surface area contributed by atoms with Crippen LogP contribution in [0.2, 0.25) is 0 Å². The van der Waals surface area contributed by atoms with Gasteiger partial charge in [0.15, 0.2) is 6.10 Å². The summed E-state index contributed by atoms with van der Waals surface area (Å²) in [5.74, 6) is -0.853. The van der Waals surface area contributed by atoms with E-state index in [0.717, 1.165) is 64.2 Å². The minimum absolute atomic E-state index is 0.0724. The molecule has 0 amide bonds. The summed E-state index contributed by atoms with van der Waals surface area (Å²) in [5.41, 5.74) is 0. The van der Waals surface area contributed by atoms with Gasteiger partial charge in [0.2, 0.25) is 0 Å². The molecule has 486 valence electrons. The van der Waals surface area contributed by atoms with Gasteiger partial charge in [-0.15, -0.1) is 0 Å². The zero-order valence-corrected chi connectivity index (χ0v) is 56.0. The van der Waals surface area contributed by atoms with E-state index in [2.05, 4.69) is 69.4 Å². The Bertz CT molecular complexity index is 1430. The second kappa shape index (κ2) is 71.8. The van der Waals surface area contributed by atoms with E-state index in [0.29, 0.717) is 19.3 Å². The number of carbonyl (C=O) groups is 3. The number of unbranched alkanes of at least 4 members (excludes halogenated alkanes) is 50. The number of hydrogen-bond acceptors (Lipinski definition) is 6. The molecule has 0 bridgehead atoms. The maximum atomic E-state index is 13.0. The molecular weight excluding hydrogens is 1020 g/mol. The van der Waals surface area contributed by atoms with E-state index >= 15 is 0 Å². The quantitative estimate of drug-likeness (QED) is 0.0261. The van der Waals surface area contributed by atoms with Gasteiger partial charge in [0.05, 0.1) is 0 Å².